The van der Waals surface area contributed by atoms with Crippen LogP contribution in [0.4, 0.5) is 5.69 Å². The molecule has 2 aromatic rings. The average molecular weight is 306 g/mol. The number of thioether (sulfide) groups is 1. The van der Waals surface area contributed by atoms with Gasteiger partial charge in [0.15, 0.2) is 5.03 Å². The molecule has 21 heavy (non-hydrogen) atoms. The van der Waals surface area contributed by atoms with Gasteiger partial charge in [0, 0.05) is 5.69 Å². The molecule has 3 N–H and O–H groups in total. The zero-order chi connectivity index (χ0) is 15.4. The number of amides is 1. The van der Waals surface area contributed by atoms with Crippen molar-refractivity contribution < 1.29 is 4.79 Å². The van der Waals surface area contributed by atoms with Crippen molar-refractivity contribution in [1.82, 2.24) is 15.2 Å². The van der Waals surface area contributed by atoms with Crippen LogP contribution in [-0.4, -0.2) is 26.3 Å². The van der Waals surface area contributed by atoms with Gasteiger partial charge in [0.1, 0.15) is 0 Å². The molecule has 0 aliphatic rings. The van der Waals surface area contributed by atoms with E-state index in [0.717, 1.165) is 17.3 Å². The van der Waals surface area contributed by atoms with Gasteiger partial charge in [-0.15, -0.1) is 0 Å². The van der Waals surface area contributed by atoms with Gasteiger partial charge in [-0.25, -0.2) is 9.89 Å². The smallest absolute Gasteiger partial charge is 0.325 e. The molecule has 0 bridgehead atoms. The molecule has 2 rings (SSSR count). The van der Waals surface area contributed by atoms with E-state index in [1.54, 1.807) is 13.0 Å². The summed E-state index contributed by atoms with van der Waals surface area (Å²) < 4.78 is 0. The molecule has 0 unspecified atom stereocenters. The summed E-state index contributed by atoms with van der Waals surface area (Å²) in [6, 6.07) is 7.41. The van der Waals surface area contributed by atoms with Gasteiger partial charge in [0.05, 0.1) is 5.25 Å². The predicted molar refractivity (Wildman–Crippen MR) is 80.6 cm³/mol. The van der Waals surface area contributed by atoms with Gasteiger partial charge in [-0.3, -0.25) is 14.6 Å². The molecule has 1 amide bonds. The van der Waals surface area contributed by atoms with Gasteiger partial charge in [-0.05, 0) is 31.5 Å². The van der Waals surface area contributed by atoms with Crippen LogP contribution >= 0.6 is 11.8 Å². The second-order valence-corrected chi connectivity index (χ2v) is 5.76. The van der Waals surface area contributed by atoms with E-state index in [0.29, 0.717) is 5.69 Å². The topological polar surface area (TPSA) is 108 Å². The monoisotopic (exact) mass is 306 g/mol. The summed E-state index contributed by atoms with van der Waals surface area (Å²) in [6.45, 7) is 3.58. The highest BCUT2D eigenvalue weighted by molar-refractivity contribution is 8.00. The van der Waals surface area contributed by atoms with E-state index in [9.17, 15) is 14.4 Å². The normalized spacial score (nSPS) is 11.9. The summed E-state index contributed by atoms with van der Waals surface area (Å²) in [5.41, 5.74) is 0.433. The van der Waals surface area contributed by atoms with Crippen molar-refractivity contribution >= 4 is 23.4 Å². The first-order chi connectivity index (χ1) is 9.95. The first kappa shape index (κ1) is 15.0. The van der Waals surface area contributed by atoms with Gasteiger partial charge in [0.2, 0.25) is 5.91 Å². The van der Waals surface area contributed by atoms with Crippen LogP contribution in [0.3, 0.4) is 0 Å². The summed E-state index contributed by atoms with van der Waals surface area (Å²) in [7, 11) is 0. The highest BCUT2D eigenvalue weighted by Gasteiger charge is 2.17. The van der Waals surface area contributed by atoms with Crippen molar-refractivity contribution in [2.24, 2.45) is 0 Å². The van der Waals surface area contributed by atoms with Crippen molar-refractivity contribution in [3.05, 3.63) is 50.7 Å². The van der Waals surface area contributed by atoms with Gasteiger partial charge in [-0.1, -0.05) is 23.9 Å². The Hall–Kier alpha value is -2.35. The summed E-state index contributed by atoms with van der Waals surface area (Å²) in [5, 5.41) is 8.02. The number of aromatic amines is 2. The SMILES string of the molecule is Cc1cccc(NC(=O)[C@@H](C)Sc2n[nH]c(=O)[nH]c2=O)c1. The van der Waals surface area contributed by atoms with Crippen LogP contribution in [0.15, 0.2) is 38.9 Å². The Morgan fingerprint density at radius 3 is 2.81 bits per heavy atom. The lowest BCUT2D eigenvalue weighted by Crippen LogP contribution is -2.28. The van der Waals surface area contributed by atoms with Crippen molar-refractivity contribution in [2.45, 2.75) is 24.1 Å². The Labute approximate surface area is 124 Å². The maximum atomic E-state index is 12.1. The average Bonchev–Trinajstić information content (AvgIpc) is 2.41. The lowest BCUT2D eigenvalue weighted by Gasteiger charge is -2.11. The van der Waals surface area contributed by atoms with Crippen molar-refractivity contribution in [2.75, 3.05) is 5.32 Å². The third kappa shape index (κ3) is 4.06. The lowest BCUT2D eigenvalue weighted by molar-refractivity contribution is -0.115. The highest BCUT2D eigenvalue weighted by Crippen LogP contribution is 2.19. The minimum atomic E-state index is -0.679. The number of aryl methyl sites for hydroxylation is 1. The Morgan fingerprint density at radius 2 is 2.14 bits per heavy atom. The Bertz CT molecular complexity index is 768. The molecule has 0 saturated carbocycles. The third-order valence-corrected chi connectivity index (χ3v) is 3.69. The molecule has 1 heterocycles. The van der Waals surface area contributed by atoms with Crippen molar-refractivity contribution in [3.63, 3.8) is 0 Å². The first-order valence-electron chi connectivity index (χ1n) is 6.19. The summed E-state index contributed by atoms with van der Waals surface area (Å²) in [6.07, 6.45) is 0. The predicted octanol–water partition coefficient (Wildman–Crippen LogP) is 0.886. The van der Waals surface area contributed by atoms with Crippen LogP contribution in [0.1, 0.15) is 12.5 Å². The number of nitrogens with zero attached hydrogens (tertiary/aromatic N) is 1. The summed E-state index contributed by atoms with van der Waals surface area (Å²) >= 11 is 0.973. The van der Waals surface area contributed by atoms with E-state index in [1.807, 2.05) is 25.1 Å². The highest BCUT2D eigenvalue weighted by atomic mass is 32.2. The molecule has 0 aliphatic carbocycles. The number of hydrogen-bond donors (Lipinski definition) is 3. The molecular formula is C13H14N4O3S. The molecule has 0 radical (unpaired) electrons. The van der Waals surface area contributed by atoms with Gasteiger partial charge in [-0.2, -0.15) is 5.10 Å². The molecule has 110 valence electrons. The fourth-order valence-electron chi connectivity index (χ4n) is 1.60. The van der Waals surface area contributed by atoms with Crippen LogP contribution in [0.2, 0.25) is 0 Å². The Balaban J connectivity index is 2.06. The largest absolute Gasteiger partial charge is 0.342 e. The number of carbonyl (C=O) groups excluding carboxylic acids is 1. The summed E-state index contributed by atoms with van der Waals surface area (Å²) in [5.74, 6) is -0.252. The molecule has 8 heteroatoms. The van der Waals surface area contributed by atoms with E-state index < -0.39 is 16.5 Å². The van der Waals surface area contributed by atoms with Crippen molar-refractivity contribution in [1.29, 1.82) is 0 Å². The van der Waals surface area contributed by atoms with Crippen LogP contribution in [-0.2, 0) is 4.79 Å². The van der Waals surface area contributed by atoms with E-state index in [1.165, 1.54) is 0 Å². The van der Waals surface area contributed by atoms with Crippen LogP contribution in [0.5, 0.6) is 0 Å². The lowest BCUT2D eigenvalue weighted by atomic mass is 10.2. The number of anilines is 1. The van der Waals surface area contributed by atoms with E-state index in [-0.39, 0.29) is 10.9 Å². The molecule has 1 atom stereocenters. The zero-order valence-corrected chi connectivity index (χ0v) is 12.3. The maximum absolute atomic E-state index is 12.1. The van der Waals surface area contributed by atoms with Gasteiger partial charge >= 0.3 is 5.69 Å². The number of carbonyl (C=O) groups is 1. The van der Waals surface area contributed by atoms with Crippen LogP contribution < -0.4 is 16.6 Å². The molecule has 1 aromatic heterocycles. The number of nitrogens with one attached hydrogen (secondary N) is 3. The van der Waals surface area contributed by atoms with Crippen LogP contribution in [0.25, 0.3) is 0 Å². The Morgan fingerprint density at radius 1 is 1.38 bits per heavy atom. The van der Waals surface area contributed by atoms with E-state index in [2.05, 4.69) is 20.5 Å². The molecule has 0 aliphatic heterocycles. The fourth-order valence-corrected chi connectivity index (χ4v) is 2.36. The van der Waals surface area contributed by atoms with Gasteiger partial charge in [0.25, 0.3) is 5.56 Å². The second-order valence-electron chi connectivity index (χ2n) is 4.43. The summed E-state index contributed by atoms with van der Waals surface area (Å²) in [4.78, 5) is 36.5. The second kappa shape index (κ2) is 6.40. The number of benzene rings is 1. The third-order valence-electron chi connectivity index (χ3n) is 2.62. The molecule has 0 saturated heterocycles. The number of rotatable bonds is 4. The fraction of sp³-hybridized carbons (Fsp3) is 0.231. The van der Waals surface area contributed by atoms with E-state index >= 15 is 0 Å². The van der Waals surface area contributed by atoms with Gasteiger partial charge < -0.3 is 5.32 Å². The minimum absolute atomic E-state index is 0.0430. The Kier molecular flexibility index (Phi) is 4.59. The van der Waals surface area contributed by atoms with E-state index in [4.69, 9.17) is 0 Å². The maximum Gasteiger partial charge on any atom is 0.342 e. The first-order valence-corrected chi connectivity index (χ1v) is 7.07. The molecule has 0 fully saturated rings. The standard InChI is InChI=1S/C13H14N4O3S/c1-7-4-3-5-9(6-7)14-10(18)8(2)21-12-11(19)15-13(20)17-16-12/h3-6,8H,1-2H3,(H,14,18)(H2,15,17,19,20)/t8-/m1/s1. The minimum Gasteiger partial charge on any atom is -0.325 e. The molecular weight excluding hydrogens is 292 g/mol. The quantitative estimate of drug-likeness (QED) is 0.727. The molecule has 0 spiro atoms. The molecule has 7 nitrogen and oxygen atoms in total. The molecule has 1 aromatic carbocycles. The number of aromatic nitrogens is 3. The van der Waals surface area contributed by atoms with Crippen LogP contribution in [0, 0.1) is 6.92 Å². The van der Waals surface area contributed by atoms with Crippen molar-refractivity contribution in [3.8, 4) is 0 Å². The number of hydrogen-bond acceptors (Lipinski definition) is 5. The zero-order valence-electron chi connectivity index (χ0n) is 11.5. The number of H-pyrrole nitrogens is 2.